The van der Waals surface area contributed by atoms with Crippen LogP contribution >= 0.6 is 0 Å². The van der Waals surface area contributed by atoms with E-state index in [1.807, 2.05) is 13.0 Å². The molecule has 2 unspecified atom stereocenters. The van der Waals surface area contributed by atoms with Crippen molar-refractivity contribution in [2.45, 2.75) is 39.3 Å². The number of aromatic nitrogens is 4. The SMILES string of the molecule is CCOC1CC(Nc2ccc3n[nH]c(=O)n3n2)C1(C)C. The van der Waals surface area contributed by atoms with Crippen LogP contribution in [0.2, 0.25) is 0 Å². The third-order valence-electron chi connectivity index (χ3n) is 4.14. The van der Waals surface area contributed by atoms with Crippen molar-refractivity contribution in [2.75, 3.05) is 11.9 Å². The molecule has 2 heterocycles. The topological polar surface area (TPSA) is 84.3 Å². The Bertz CT molecular complexity index is 675. The largest absolute Gasteiger partial charge is 0.378 e. The van der Waals surface area contributed by atoms with E-state index in [1.165, 1.54) is 4.52 Å². The molecule has 7 heteroatoms. The summed E-state index contributed by atoms with van der Waals surface area (Å²) in [5.41, 5.74) is 0.234. The van der Waals surface area contributed by atoms with E-state index < -0.39 is 0 Å². The van der Waals surface area contributed by atoms with Gasteiger partial charge in [-0.25, -0.2) is 9.89 Å². The number of H-pyrrole nitrogens is 1. The molecule has 1 aliphatic rings. The zero-order chi connectivity index (χ0) is 14.3. The lowest BCUT2D eigenvalue weighted by Crippen LogP contribution is -2.58. The van der Waals surface area contributed by atoms with Gasteiger partial charge in [0.25, 0.3) is 0 Å². The molecule has 0 aliphatic heterocycles. The maximum atomic E-state index is 11.5. The lowest BCUT2D eigenvalue weighted by atomic mass is 9.64. The number of nitrogens with one attached hydrogen (secondary N) is 2. The summed E-state index contributed by atoms with van der Waals surface area (Å²) < 4.78 is 6.97. The van der Waals surface area contributed by atoms with Gasteiger partial charge in [0.05, 0.1) is 6.10 Å². The normalized spacial score (nSPS) is 24.6. The first-order valence-corrected chi connectivity index (χ1v) is 6.85. The number of fused-ring (bicyclic) bond motifs is 1. The lowest BCUT2D eigenvalue weighted by Gasteiger charge is -2.51. The van der Waals surface area contributed by atoms with Gasteiger partial charge < -0.3 is 10.1 Å². The molecule has 1 saturated carbocycles. The summed E-state index contributed by atoms with van der Waals surface area (Å²) in [5.74, 6) is 0.675. The van der Waals surface area contributed by atoms with Crippen LogP contribution in [0.1, 0.15) is 27.2 Å². The summed E-state index contributed by atoms with van der Waals surface area (Å²) in [7, 11) is 0. The molecule has 2 atom stereocenters. The van der Waals surface area contributed by atoms with E-state index in [0.29, 0.717) is 11.5 Å². The summed E-state index contributed by atoms with van der Waals surface area (Å²) in [6.07, 6.45) is 1.21. The Morgan fingerprint density at radius 2 is 2.35 bits per heavy atom. The molecular formula is C13H19N5O2. The second kappa shape index (κ2) is 4.59. The first-order valence-electron chi connectivity index (χ1n) is 6.85. The minimum Gasteiger partial charge on any atom is -0.378 e. The van der Waals surface area contributed by atoms with E-state index >= 15 is 0 Å². The van der Waals surface area contributed by atoms with Crippen LogP contribution in [0.5, 0.6) is 0 Å². The molecule has 2 aromatic heterocycles. The lowest BCUT2D eigenvalue weighted by molar-refractivity contribution is -0.0976. The molecule has 1 aliphatic carbocycles. The van der Waals surface area contributed by atoms with E-state index in [4.69, 9.17) is 4.74 Å². The fourth-order valence-electron chi connectivity index (χ4n) is 2.67. The Morgan fingerprint density at radius 1 is 1.55 bits per heavy atom. The van der Waals surface area contributed by atoms with E-state index in [9.17, 15) is 4.79 Å². The fraction of sp³-hybridized carbons (Fsp3) is 0.615. The molecule has 108 valence electrons. The summed E-state index contributed by atoms with van der Waals surface area (Å²) in [4.78, 5) is 11.5. The summed E-state index contributed by atoms with van der Waals surface area (Å²) in [6.45, 7) is 7.10. The number of hydrogen-bond donors (Lipinski definition) is 2. The van der Waals surface area contributed by atoms with E-state index in [0.717, 1.165) is 13.0 Å². The van der Waals surface area contributed by atoms with Crippen LogP contribution in [-0.4, -0.2) is 38.6 Å². The zero-order valence-electron chi connectivity index (χ0n) is 11.9. The second-order valence-electron chi connectivity index (χ2n) is 5.72. The molecule has 1 fully saturated rings. The Labute approximate surface area is 116 Å². The molecule has 0 saturated heterocycles. The Balaban J connectivity index is 1.77. The molecule has 2 N–H and O–H groups in total. The first-order chi connectivity index (χ1) is 9.52. The van der Waals surface area contributed by atoms with Crippen molar-refractivity contribution in [1.82, 2.24) is 19.8 Å². The Morgan fingerprint density at radius 3 is 3.05 bits per heavy atom. The van der Waals surface area contributed by atoms with Crippen LogP contribution in [0.15, 0.2) is 16.9 Å². The van der Waals surface area contributed by atoms with Crippen molar-refractivity contribution in [3.8, 4) is 0 Å². The van der Waals surface area contributed by atoms with Gasteiger partial charge in [-0.2, -0.15) is 9.61 Å². The van der Waals surface area contributed by atoms with E-state index in [-0.39, 0.29) is 23.3 Å². The maximum Gasteiger partial charge on any atom is 0.364 e. The van der Waals surface area contributed by atoms with Crippen molar-refractivity contribution in [1.29, 1.82) is 0 Å². The van der Waals surface area contributed by atoms with Crippen LogP contribution in [0.25, 0.3) is 5.65 Å². The summed E-state index contributed by atoms with van der Waals surface area (Å²) >= 11 is 0. The number of nitrogens with zero attached hydrogens (tertiary/aromatic N) is 3. The highest BCUT2D eigenvalue weighted by molar-refractivity contribution is 5.44. The zero-order valence-corrected chi connectivity index (χ0v) is 11.9. The number of aromatic amines is 1. The summed E-state index contributed by atoms with van der Waals surface area (Å²) in [6, 6.07) is 3.88. The molecule has 0 amide bonds. The Kier molecular flexibility index (Phi) is 3.01. The van der Waals surface area contributed by atoms with Crippen LogP contribution in [-0.2, 0) is 4.74 Å². The third kappa shape index (κ3) is 1.98. The van der Waals surface area contributed by atoms with Crippen LogP contribution in [0, 0.1) is 5.41 Å². The van der Waals surface area contributed by atoms with Crippen LogP contribution in [0.4, 0.5) is 5.82 Å². The van der Waals surface area contributed by atoms with Gasteiger partial charge in [0, 0.05) is 18.1 Å². The number of anilines is 1. The van der Waals surface area contributed by atoms with Crippen LogP contribution < -0.4 is 11.0 Å². The molecule has 7 nitrogen and oxygen atoms in total. The van der Waals surface area contributed by atoms with Gasteiger partial charge in [0.2, 0.25) is 0 Å². The van der Waals surface area contributed by atoms with Gasteiger partial charge in [0.15, 0.2) is 5.65 Å². The molecule has 3 rings (SSSR count). The minimum atomic E-state index is -0.330. The van der Waals surface area contributed by atoms with Crippen molar-refractivity contribution < 1.29 is 4.74 Å². The van der Waals surface area contributed by atoms with Crippen molar-refractivity contribution in [3.05, 3.63) is 22.6 Å². The van der Waals surface area contributed by atoms with Gasteiger partial charge in [-0.15, -0.1) is 5.10 Å². The molecule has 2 aromatic rings. The molecule has 0 radical (unpaired) electrons. The highest BCUT2D eigenvalue weighted by Crippen LogP contribution is 2.44. The smallest absolute Gasteiger partial charge is 0.364 e. The highest BCUT2D eigenvalue weighted by Gasteiger charge is 2.49. The minimum absolute atomic E-state index is 0.0496. The number of rotatable bonds is 4. The molecule has 20 heavy (non-hydrogen) atoms. The highest BCUT2D eigenvalue weighted by atomic mass is 16.5. The van der Waals surface area contributed by atoms with Gasteiger partial charge in [-0.3, -0.25) is 0 Å². The summed E-state index contributed by atoms with van der Waals surface area (Å²) in [5, 5.41) is 13.9. The average Bonchev–Trinajstić information content (AvgIpc) is 2.79. The monoisotopic (exact) mass is 277 g/mol. The quantitative estimate of drug-likeness (QED) is 0.872. The molecule has 0 aromatic carbocycles. The standard InChI is InChI=1S/C13H19N5O2/c1-4-20-9-7-8(13(9,2)3)14-10-5-6-11-15-16-12(19)18(11)17-10/h5-6,8-9H,4,7H2,1-3H3,(H,14,17)(H,16,19). The van der Waals surface area contributed by atoms with Gasteiger partial charge >= 0.3 is 5.69 Å². The number of ether oxygens (including phenoxy) is 1. The first kappa shape index (κ1) is 13.1. The second-order valence-corrected chi connectivity index (χ2v) is 5.72. The van der Waals surface area contributed by atoms with E-state index in [1.54, 1.807) is 6.07 Å². The Hall–Kier alpha value is -1.89. The van der Waals surface area contributed by atoms with Gasteiger partial charge in [0.1, 0.15) is 5.82 Å². The predicted octanol–water partition coefficient (Wildman–Crippen LogP) is 1.03. The number of hydrogen-bond acceptors (Lipinski definition) is 5. The molecular weight excluding hydrogens is 258 g/mol. The average molecular weight is 277 g/mol. The van der Waals surface area contributed by atoms with Crippen LogP contribution in [0.3, 0.4) is 0 Å². The maximum absolute atomic E-state index is 11.5. The predicted molar refractivity (Wildman–Crippen MR) is 74.8 cm³/mol. The van der Waals surface area contributed by atoms with Gasteiger partial charge in [-0.1, -0.05) is 13.8 Å². The molecule has 0 spiro atoms. The van der Waals surface area contributed by atoms with E-state index in [2.05, 4.69) is 34.5 Å². The van der Waals surface area contributed by atoms with Crippen molar-refractivity contribution >= 4 is 11.5 Å². The van der Waals surface area contributed by atoms with Crippen molar-refractivity contribution in [3.63, 3.8) is 0 Å². The third-order valence-corrected chi connectivity index (χ3v) is 4.14. The van der Waals surface area contributed by atoms with Gasteiger partial charge in [-0.05, 0) is 25.5 Å². The molecule has 0 bridgehead atoms. The fourth-order valence-corrected chi connectivity index (χ4v) is 2.67. The van der Waals surface area contributed by atoms with Crippen molar-refractivity contribution in [2.24, 2.45) is 5.41 Å².